The summed E-state index contributed by atoms with van der Waals surface area (Å²) in [4.78, 5) is 16.8. The molecule has 0 spiro atoms. The number of pyridine rings is 1. The zero-order valence-corrected chi connectivity index (χ0v) is 13.6. The standard InChI is InChI=1S/C16H22BrNO2/c1-2-20-16(12-6-4-3-5-7-12)15(19)10-14-9-8-13(17)11-18-14/h8-9,11-12,16H,2-7,10H2,1H3. The number of halogens is 1. The molecule has 20 heavy (non-hydrogen) atoms. The van der Waals surface area contributed by atoms with E-state index < -0.39 is 0 Å². The van der Waals surface area contributed by atoms with Crippen LogP contribution in [-0.4, -0.2) is 23.5 Å². The SMILES string of the molecule is CCOC(C(=O)Cc1ccc(Br)cn1)C1CCCCC1. The van der Waals surface area contributed by atoms with Gasteiger partial charge in [-0.2, -0.15) is 0 Å². The van der Waals surface area contributed by atoms with Gasteiger partial charge in [-0.15, -0.1) is 0 Å². The van der Waals surface area contributed by atoms with Gasteiger partial charge in [0.05, 0.1) is 6.42 Å². The number of ether oxygens (including phenoxy) is 1. The summed E-state index contributed by atoms with van der Waals surface area (Å²) in [5.41, 5.74) is 0.818. The Morgan fingerprint density at radius 1 is 1.40 bits per heavy atom. The van der Waals surface area contributed by atoms with Gasteiger partial charge < -0.3 is 4.74 Å². The molecule has 0 radical (unpaired) electrons. The van der Waals surface area contributed by atoms with Crippen molar-refractivity contribution in [1.82, 2.24) is 4.98 Å². The topological polar surface area (TPSA) is 39.2 Å². The summed E-state index contributed by atoms with van der Waals surface area (Å²) in [6, 6.07) is 3.82. The van der Waals surface area contributed by atoms with Crippen LogP contribution in [0.15, 0.2) is 22.8 Å². The van der Waals surface area contributed by atoms with Gasteiger partial charge in [-0.3, -0.25) is 9.78 Å². The van der Waals surface area contributed by atoms with Crippen LogP contribution in [0.3, 0.4) is 0 Å². The first-order valence-electron chi connectivity index (χ1n) is 7.45. The van der Waals surface area contributed by atoms with Crippen LogP contribution in [0.4, 0.5) is 0 Å². The highest BCUT2D eigenvalue weighted by atomic mass is 79.9. The van der Waals surface area contributed by atoms with E-state index in [1.165, 1.54) is 19.3 Å². The monoisotopic (exact) mass is 339 g/mol. The number of ketones is 1. The maximum atomic E-state index is 12.5. The minimum absolute atomic E-state index is 0.175. The Kier molecular flexibility index (Phi) is 6.17. The third-order valence-corrected chi connectivity index (χ3v) is 4.35. The van der Waals surface area contributed by atoms with Crippen LogP contribution >= 0.6 is 15.9 Å². The first-order valence-corrected chi connectivity index (χ1v) is 8.24. The van der Waals surface area contributed by atoms with Crippen molar-refractivity contribution >= 4 is 21.7 Å². The molecule has 1 aliphatic rings. The second-order valence-electron chi connectivity index (χ2n) is 5.38. The van der Waals surface area contributed by atoms with Crippen molar-refractivity contribution < 1.29 is 9.53 Å². The van der Waals surface area contributed by atoms with Crippen molar-refractivity contribution in [1.29, 1.82) is 0 Å². The second kappa shape index (κ2) is 7.89. The summed E-state index contributed by atoms with van der Waals surface area (Å²) in [7, 11) is 0. The van der Waals surface area contributed by atoms with E-state index >= 15 is 0 Å². The average molecular weight is 340 g/mol. The Morgan fingerprint density at radius 3 is 2.75 bits per heavy atom. The molecule has 1 aliphatic carbocycles. The number of hydrogen-bond acceptors (Lipinski definition) is 3. The fourth-order valence-electron chi connectivity index (χ4n) is 2.90. The summed E-state index contributed by atoms with van der Waals surface area (Å²) in [6.45, 7) is 2.56. The van der Waals surface area contributed by atoms with Crippen LogP contribution in [0.5, 0.6) is 0 Å². The Labute approximate surface area is 129 Å². The zero-order valence-electron chi connectivity index (χ0n) is 12.0. The summed E-state index contributed by atoms with van der Waals surface area (Å²) >= 11 is 3.36. The Balaban J connectivity index is 2.00. The number of rotatable bonds is 6. The molecule has 2 rings (SSSR count). The predicted molar refractivity (Wildman–Crippen MR) is 82.6 cm³/mol. The van der Waals surface area contributed by atoms with Crippen LogP contribution in [0, 0.1) is 5.92 Å². The third-order valence-electron chi connectivity index (χ3n) is 3.89. The number of carbonyl (C=O) groups excluding carboxylic acids is 1. The van der Waals surface area contributed by atoms with E-state index in [9.17, 15) is 4.79 Å². The third kappa shape index (κ3) is 4.38. The quantitative estimate of drug-likeness (QED) is 0.787. The Bertz CT molecular complexity index is 427. The van der Waals surface area contributed by atoms with E-state index in [-0.39, 0.29) is 11.9 Å². The van der Waals surface area contributed by atoms with Gasteiger partial charge in [0, 0.05) is 23.0 Å². The summed E-state index contributed by atoms with van der Waals surface area (Å²) in [6.07, 6.45) is 7.82. The lowest BCUT2D eigenvalue weighted by Crippen LogP contribution is -2.35. The van der Waals surface area contributed by atoms with Crippen molar-refractivity contribution in [3.05, 3.63) is 28.5 Å². The summed E-state index contributed by atoms with van der Waals surface area (Å²) in [5, 5.41) is 0. The molecule has 110 valence electrons. The maximum Gasteiger partial charge on any atom is 0.167 e. The minimum atomic E-state index is -0.245. The van der Waals surface area contributed by atoms with Crippen molar-refractivity contribution in [3.63, 3.8) is 0 Å². The highest BCUT2D eigenvalue weighted by molar-refractivity contribution is 9.10. The van der Waals surface area contributed by atoms with Crippen LogP contribution in [0.2, 0.25) is 0 Å². The molecule has 1 saturated carbocycles. The number of Topliss-reactive ketones (excluding diaryl/α,β-unsaturated/α-hetero) is 1. The van der Waals surface area contributed by atoms with Gasteiger partial charge in [-0.05, 0) is 53.7 Å². The van der Waals surface area contributed by atoms with E-state index in [4.69, 9.17) is 4.74 Å². The lowest BCUT2D eigenvalue weighted by Gasteiger charge is -2.29. The van der Waals surface area contributed by atoms with Crippen LogP contribution < -0.4 is 0 Å². The molecule has 0 amide bonds. The van der Waals surface area contributed by atoms with Gasteiger partial charge in [0.15, 0.2) is 5.78 Å². The molecule has 1 fully saturated rings. The van der Waals surface area contributed by atoms with E-state index in [0.717, 1.165) is 23.0 Å². The molecule has 1 unspecified atom stereocenters. The molecule has 0 bridgehead atoms. The highest BCUT2D eigenvalue weighted by Crippen LogP contribution is 2.29. The van der Waals surface area contributed by atoms with Crippen LogP contribution in [-0.2, 0) is 16.0 Å². The molecule has 0 aromatic carbocycles. The molecule has 0 saturated heterocycles. The van der Waals surface area contributed by atoms with E-state index in [0.29, 0.717) is 18.9 Å². The first-order chi connectivity index (χ1) is 9.70. The van der Waals surface area contributed by atoms with E-state index in [1.54, 1.807) is 6.20 Å². The summed E-state index contributed by atoms with van der Waals surface area (Å²) < 4.78 is 6.69. The predicted octanol–water partition coefficient (Wildman–Crippen LogP) is 3.94. The minimum Gasteiger partial charge on any atom is -0.370 e. The number of hydrogen-bond donors (Lipinski definition) is 0. The van der Waals surface area contributed by atoms with E-state index in [2.05, 4.69) is 20.9 Å². The number of nitrogens with zero attached hydrogens (tertiary/aromatic N) is 1. The molecule has 1 heterocycles. The van der Waals surface area contributed by atoms with Crippen molar-refractivity contribution in [2.75, 3.05) is 6.61 Å². The molecule has 1 atom stereocenters. The number of aromatic nitrogens is 1. The van der Waals surface area contributed by atoms with Crippen molar-refractivity contribution in [2.24, 2.45) is 5.92 Å². The van der Waals surface area contributed by atoms with Gasteiger partial charge in [0.2, 0.25) is 0 Å². The lowest BCUT2D eigenvalue weighted by molar-refractivity contribution is -0.134. The molecule has 1 aromatic rings. The second-order valence-corrected chi connectivity index (χ2v) is 6.30. The molecule has 0 N–H and O–H groups in total. The number of carbonyl (C=O) groups is 1. The van der Waals surface area contributed by atoms with E-state index in [1.807, 2.05) is 19.1 Å². The summed E-state index contributed by atoms with van der Waals surface area (Å²) in [5.74, 6) is 0.570. The smallest absolute Gasteiger partial charge is 0.167 e. The maximum absolute atomic E-state index is 12.5. The Hall–Kier alpha value is -0.740. The van der Waals surface area contributed by atoms with Crippen molar-refractivity contribution in [3.8, 4) is 0 Å². The van der Waals surface area contributed by atoms with Gasteiger partial charge in [0.1, 0.15) is 6.10 Å². The van der Waals surface area contributed by atoms with Crippen LogP contribution in [0.25, 0.3) is 0 Å². The lowest BCUT2D eigenvalue weighted by atomic mass is 9.83. The fourth-order valence-corrected chi connectivity index (χ4v) is 3.13. The largest absolute Gasteiger partial charge is 0.370 e. The molecule has 3 nitrogen and oxygen atoms in total. The van der Waals surface area contributed by atoms with Gasteiger partial charge in [-0.1, -0.05) is 19.3 Å². The van der Waals surface area contributed by atoms with Crippen LogP contribution in [0.1, 0.15) is 44.7 Å². The molecular weight excluding hydrogens is 318 g/mol. The molecule has 4 heteroatoms. The van der Waals surface area contributed by atoms with Crippen molar-refractivity contribution in [2.45, 2.75) is 51.6 Å². The van der Waals surface area contributed by atoms with Gasteiger partial charge >= 0.3 is 0 Å². The molecular formula is C16H22BrNO2. The molecule has 0 aliphatic heterocycles. The van der Waals surface area contributed by atoms with Gasteiger partial charge in [-0.25, -0.2) is 0 Å². The highest BCUT2D eigenvalue weighted by Gasteiger charge is 2.29. The van der Waals surface area contributed by atoms with Gasteiger partial charge in [0.25, 0.3) is 0 Å². The molecule has 1 aromatic heterocycles. The zero-order chi connectivity index (χ0) is 14.4. The first kappa shape index (κ1) is 15.6. The Morgan fingerprint density at radius 2 is 2.15 bits per heavy atom. The normalized spacial score (nSPS) is 17.9. The fraction of sp³-hybridized carbons (Fsp3) is 0.625. The average Bonchev–Trinajstić information content (AvgIpc) is 2.48.